The van der Waals surface area contributed by atoms with E-state index in [0.29, 0.717) is 5.56 Å². The molecule has 0 amide bonds. The summed E-state index contributed by atoms with van der Waals surface area (Å²) in [5, 5.41) is 0. The molecule has 23 heavy (non-hydrogen) atoms. The second-order valence-corrected chi connectivity index (χ2v) is 5.37. The van der Waals surface area contributed by atoms with Gasteiger partial charge in [-0.3, -0.25) is 0 Å². The lowest BCUT2D eigenvalue weighted by atomic mass is 10.00. The number of hydrogen-bond acceptors (Lipinski definition) is 2. The summed E-state index contributed by atoms with van der Waals surface area (Å²) in [6.45, 7) is 1.89. The number of esters is 1. The van der Waals surface area contributed by atoms with E-state index in [-0.39, 0.29) is 12.1 Å². The Morgan fingerprint density at radius 1 is 0.783 bits per heavy atom. The van der Waals surface area contributed by atoms with E-state index >= 15 is 0 Å². The third-order valence-electron chi connectivity index (χ3n) is 3.78. The van der Waals surface area contributed by atoms with Crippen LogP contribution in [0.15, 0.2) is 84.9 Å². The Morgan fingerprint density at radius 3 is 2.04 bits per heavy atom. The molecule has 0 aromatic heterocycles. The minimum absolute atomic E-state index is 0.285. The number of hydrogen-bond donors (Lipinski definition) is 0. The molecule has 1 unspecified atom stereocenters. The van der Waals surface area contributed by atoms with Gasteiger partial charge in [0, 0.05) is 0 Å². The molecule has 0 aliphatic carbocycles. The van der Waals surface area contributed by atoms with Gasteiger partial charge in [-0.15, -0.1) is 0 Å². The Bertz CT molecular complexity index is 779. The van der Waals surface area contributed by atoms with E-state index < -0.39 is 0 Å². The van der Waals surface area contributed by atoms with E-state index in [0.717, 1.165) is 16.7 Å². The third-order valence-corrected chi connectivity index (χ3v) is 3.78. The van der Waals surface area contributed by atoms with Crippen LogP contribution in [0.5, 0.6) is 0 Å². The molecule has 0 heterocycles. The van der Waals surface area contributed by atoms with Gasteiger partial charge < -0.3 is 4.74 Å². The molecule has 0 spiro atoms. The highest BCUT2D eigenvalue weighted by Crippen LogP contribution is 2.26. The van der Waals surface area contributed by atoms with Crippen molar-refractivity contribution in [3.63, 3.8) is 0 Å². The first-order chi connectivity index (χ1) is 11.3. The molecule has 3 rings (SSSR count). The number of rotatable bonds is 4. The molecule has 1 atom stereocenters. The van der Waals surface area contributed by atoms with Crippen molar-refractivity contribution in [3.05, 3.63) is 96.1 Å². The quantitative estimate of drug-likeness (QED) is 0.613. The summed E-state index contributed by atoms with van der Waals surface area (Å²) in [6, 6.07) is 27.2. The van der Waals surface area contributed by atoms with Crippen molar-refractivity contribution in [1.29, 1.82) is 0 Å². The first kappa shape index (κ1) is 15.0. The van der Waals surface area contributed by atoms with Gasteiger partial charge in [-0.1, -0.05) is 78.9 Å². The molecule has 0 saturated heterocycles. The zero-order valence-electron chi connectivity index (χ0n) is 13.0. The SMILES string of the molecule is CC(OC(=O)c1ccccc1-c1ccccc1)c1ccccc1. The van der Waals surface area contributed by atoms with Crippen molar-refractivity contribution >= 4 is 5.97 Å². The molecule has 3 aromatic carbocycles. The highest BCUT2D eigenvalue weighted by atomic mass is 16.5. The van der Waals surface area contributed by atoms with Gasteiger partial charge in [0.05, 0.1) is 5.56 Å². The van der Waals surface area contributed by atoms with Crippen LogP contribution in [0.2, 0.25) is 0 Å². The fourth-order valence-corrected chi connectivity index (χ4v) is 2.55. The Labute approximate surface area is 136 Å². The zero-order chi connectivity index (χ0) is 16.1. The van der Waals surface area contributed by atoms with Crippen molar-refractivity contribution < 1.29 is 9.53 Å². The van der Waals surface area contributed by atoms with Crippen LogP contribution in [-0.2, 0) is 4.74 Å². The molecule has 2 nitrogen and oxygen atoms in total. The highest BCUT2D eigenvalue weighted by molar-refractivity contribution is 5.97. The summed E-state index contributed by atoms with van der Waals surface area (Å²) in [4.78, 5) is 12.6. The van der Waals surface area contributed by atoms with Gasteiger partial charge in [0.2, 0.25) is 0 Å². The Hall–Kier alpha value is -2.87. The molecule has 3 aromatic rings. The molecule has 0 radical (unpaired) electrons. The lowest BCUT2D eigenvalue weighted by Gasteiger charge is -2.15. The van der Waals surface area contributed by atoms with Crippen LogP contribution in [-0.4, -0.2) is 5.97 Å². The predicted molar refractivity (Wildman–Crippen MR) is 92.2 cm³/mol. The fraction of sp³-hybridized carbons (Fsp3) is 0.0952. The van der Waals surface area contributed by atoms with Crippen molar-refractivity contribution in [2.45, 2.75) is 13.0 Å². The lowest BCUT2D eigenvalue weighted by Crippen LogP contribution is -2.10. The normalized spacial score (nSPS) is 11.7. The van der Waals surface area contributed by atoms with Crippen molar-refractivity contribution in [2.24, 2.45) is 0 Å². The van der Waals surface area contributed by atoms with E-state index in [4.69, 9.17) is 4.74 Å². The monoisotopic (exact) mass is 302 g/mol. The highest BCUT2D eigenvalue weighted by Gasteiger charge is 2.17. The van der Waals surface area contributed by atoms with Gasteiger partial charge in [0.15, 0.2) is 0 Å². The summed E-state index contributed by atoms with van der Waals surface area (Å²) < 4.78 is 5.65. The molecule has 114 valence electrons. The second-order valence-electron chi connectivity index (χ2n) is 5.37. The molecule has 0 aliphatic heterocycles. The Morgan fingerprint density at radius 2 is 1.35 bits per heavy atom. The van der Waals surface area contributed by atoms with Crippen LogP contribution in [0.4, 0.5) is 0 Å². The topological polar surface area (TPSA) is 26.3 Å². The van der Waals surface area contributed by atoms with Crippen LogP contribution in [0.3, 0.4) is 0 Å². The minimum Gasteiger partial charge on any atom is -0.454 e. The van der Waals surface area contributed by atoms with Gasteiger partial charge in [-0.05, 0) is 29.7 Å². The van der Waals surface area contributed by atoms with Gasteiger partial charge >= 0.3 is 5.97 Å². The summed E-state index contributed by atoms with van der Waals surface area (Å²) in [7, 11) is 0. The van der Waals surface area contributed by atoms with Crippen LogP contribution in [0, 0.1) is 0 Å². The number of carbonyl (C=O) groups is 1. The van der Waals surface area contributed by atoms with Crippen molar-refractivity contribution in [2.75, 3.05) is 0 Å². The molecule has 0 fully saturated rings. The summed E-state index contributed by atoms with van der Waals surface area (Å²) in [6.07, 6.45) is -0.285. The fourth-order valence-electron chi connectivity index (χ4n) is 2.55. The second kappa shape index (κ2) is 6.93. The van der Waals surface area contributed by atoms with Crippen LogP contribution in [0.25, 0.3) is 11.1 Å². The maximum atomic E-state index is 12.6. The molecule has 0 N–H and O–H groups in total. The van der Waals surface area contributed by atoms with Gasteiger partial charge in [0.1, 0.15) is 6.10 Å². The summed E-state index contributed by atoms with van der Waals surface area (Å²) >= 11 is 0. The van der Waals surface area contributed by atoms with Crippen LogP contribution >= 0.6 is 0 Å². The maximum absolute atomic E-state index is 12.6. The van der Waals surface area contributed by atoms with Crippen molar-refractivity contribution in [1.82, 2.24) is 0 Å². The lowest BCUT2D eigenvalue weighted by molar-refractivity contribution is 0.0339. The molecule has 0 bridgehead atoms. The maximum Gasteiger partial charge on any atom is 0.339 e. The van der Waals surface area contributed by atoms with E-state index in [1.165, 1.54) is 0 Å². The third kappa shape index (κ3) is 3.49. The smallest absolute Gasteiger partial charge is 0.339 e. The van der Waals surface area contributed by atoms with Crippen LogP contribution in [0.1, 0.15) is 28.9 Å². The zero-order valence-corrected chi connectivity index (χ0v) is 13.0. The average Bonchev–Trinajstić information content (AvgIpc) is 2.63. The summed E-state index contributed by atoms with van der Waals surface area (Å²) in [5.41, 5.74) is 3.46. The first-order valence-corrected chi connectivity index (χ1v) is 7.66. The first-order valence-electron chi connectivity index (χ1n) is 7.66. The largest absolute Gasteiger partial charge is 0.454 e. The standard InChI is InChI=1S/C21H18O2/c1-16(17-10-4-2-5-11-17)23-21(22)20-15-9-8-14-19(20)18-12-6-3-7-13-18/h2-16H,1H3. The number of benzene rings is 3. The van der Waals surface area contributed by atoms with Crippen LogP contribution < -0.4 is 0 Å². The van der Waals surface area contributed by atoms with Gasteiger partial charge in [-0.2, -0.15) is 0 Å². The van der Waals surface area contributed by atoms with E-state index in [2.05, 4.69) is 0 Å². The average molecular weight is 302 g/mol. The molecular formula is C21H18O2. The Kier molecular flexibility index (Phi) is 4.53. The van der Waals surface area contributed by atoms with Gasteiger partial charge in [0.25, 0.3) is 0 Å². The van der Waals surface area contributed by atoms with Crippen molar-refractivity contribution in [3.8, 4) is 11.1 Å². The molecule has 0 saturated carbocycles. The molecule has 0 aliphatic rings. The van der Waals surface area contributed by atoms with E-state index in [1.807, 2.05) is 91.9 Å². The summed E-state index contributed by atoms with van der Waals surface area (Å²) in [5.74, 6) is -0.305. The molecular weight excluding hydrogens is 284 g/mol. The number of ether oxygens (including phenoxy) is 1. The Balaban J connectivity index is 1.86. The minimum atomic E-state index is -0.305. The molecule has 2 heteroatoms. The van der Waals surface area contributed by atoms with Gasteiger partial charge in [-0.25, -0.2) is 4.79 Å². The van der Waals surface area contributed by atoms with E-state index in [9.17, 15) is 4.79 Å². The number of carbonyl (C=O) groups excluding carboxylic acids is 1. The van der Waals surface area contributed by atoms with E-state index in [1.54, 1.807) is 0 Å². The predicted octanol–water partition coefficient (Wildman–Crippen LogP) is 5.27.